The van der Waals surface area contributed by atoms with Crippen molar-refractivity contribution in [1.82, 2.24) is 5.32 Å². The molecule has 3 atom stereocenters. The van der Waals surface area contributed by atoms with Gasteiger partial charge in [0.05, 0.1) is 0 Å². The lowest BCUT2D eigenvalue weighted by molar-refractivity contribution is 0.0922. The van der Waals surface area contributed by atoms with Gasteiger partial charge in [-0.1, -0.05) is 24.1 Å². The predicted molar refractivity (Wildman–Crippen MR) is 72.6 cm³/mol. The second kappa shape index (κ2) is 4.42. The molecular weight excluding hydrogens is 222 g/mol. The Labute approximate surface area is 109 Å². The number of aryl methyl sites for hydroxylation is 2. The van der Waals surface area contributed by atoms with Gasteiger partial charge >= 0.3 is 0 Å². The van der Waals surface area contributed by atoms with Crippen molar-refractivity contribution in [1.29, 1.82) is 0 Å². The average Bonchev–Trinajstić information content (AvgIpc) is 2.90. The van der Waals surface area contributed by atoms with E-state index in [-0.39, 0.29) is 5.91 Å². The lowest BCUT2D eigenvalue weighted by Gasteiger charge is -2.23. The molecule has 0 saturated heterocycles. The molecule has 0 unspecified atom stereocenters. The minimum Gasteiger partial charge on any atom is -0.349 e. The van der Waals surface area contributed by atoms with Gasteiger partial charge in [-0.15, -0.1) is 0 Å². The Bertz CT molecular complexity index is 480. The molecule has 1 aromatic carbocycles. The molecule has 1 N–H and O–H groups in total. The highest BCUT2D eigenvalue weighted by Crippen LogP contribution is 2.44. The van der Waals surface area contributed by atoms with E-state index in [4.69, 9.17) is 0 Å². The molecular formula is C16H21NO. The SMILES string of the molecule is Cc1ccc(C(=O)N[C@@H]2C[C@H]3CC[C@@H]2C3)c(C)c1. The van der Waals surface area contributed by atoms with Crippen LogP contribution in [0, 0.1) is 25.7 Å². The van der Waals surface area contributed by atoms with Gasteiger partial charge in [0.1, 0.15) is 0 Å². The summed E-state index contributed by atoms with van der Waals surface area (Å²) in [6, 6.07) is 6.47. The summed E-state index contributed by atoms with van der Waals surface area (Å²) < 4.78 is 0. The van der Waals surface area contributed by atoms with Gasteiger partial charge in [-0.2, -0.15) is 0 Å². The van der Waals surface area contributed by atoms with Crippen molar-refractivity contribution in [3.8, 4) is 0 Å². The summed E-state index contributed by atoms with van der Waals surface area (Å²) >= 11 is 0. The van der Waals surface area contributed by atoms with Crippen LogP contribution in [0.5, 0.6) is 0 Å². The molecule has 2 aliphatic carbocycles. The third-order valence-corrected chi connectivity index (χ3v) is 4.68. The summed E-state index contributed by atoms with van der Waals surface area (Å²) in [7, 11) is 0. The highest BCUT2D eigenvalue weighted by Gasteiger charge is 2.40. The Morgan fingerprint density at radius 2 is 2.06 bits per heavy atom. The summed E-state index contributed by atoms with van der Waals surface area (Å²) in [5.74, 6) is 1.73. The van der Waals surface area contributed by atoms with E-state index in [0.717, 1.165) is 23.0 Å². The number of carbonyl (C=O) groups excluding carboxylic acids is 1. The minimum absolute atomic E-state index is 0.116. The number of rotatable bonds is 2. The molecule has 0 aromatic heterocycles. The predicted octanol–water partition coefficient (Wildman–Crippen LogP) is 3.22. The molecule has 2 saturated carbocycles. The average molecular weight is 243 g/mol. The van der Waals surface area contributed by atoms with E-state index in [1.54, 1.807) is 0 Å². The number of nitrogens with one attached hydrogen (secondary N) is 1. The fourth-order valence-corrected chi connectivity index (χ4v) is 3.74. The highest BCUT2D eigenvalue weighted by atomic mass is 16.1. The van der Waals surface area contributed by atoms with Crippen LogP contribution in [0.25, 0.3) is 0 Å². The molecule has 2 bridgehead atoms. The van der Waals surface area contributed by atoms with Gasteiger partial charge in [-0.05, 0) is 56.6 Å². The van der Waals surface area contributed by atoms with Crippen LogP contribution in [-0.2, 0) is 0 Å². The number of hydrogen-bond donors (Lipinski definition) is 1. The van der Waals surface area contributed by atoms with Crippen LogP contribution < -0.4 is 5.32 Å². The highest BCUT2D eigenvalue weighted by molar-refractivity contribution is 5.95. The van der Waals surface area contributed by atoms with Crippen molar-refractivity contribution in [2.45, 2.75) is 45.6 Å². The van der Waals surface area contributed by atoms with E-state index < -0.39 is 0 Å². The first kappa shape index (κ1) is 11.8. The quantitative estimate of drug-likeness (QED) is 0.849. The summed E-state index contributed by atoms with van der Waals surface area (Å²) in [5, 5.41) is 3.25. The third-order valence-electron chi connectivity index (χ3n) is 4.68. The van der Waals surface area contributed by atoms with Crippen molar-refractivity contribution in [2.24, 2.45) is 11.8 Å². The number of benzene rings is 1. The van der Waals surface area contributed by atoms with Gasteiger partial charge in [0, 0.05) is 11.6 Å². The zero-order valence-electron chi connectivity index (χ0n) is 11.2. The van der Waals surface area contributed by atoms with Crippen LogP contribution in [0.15, 0.2) is 18.2 Å². The smallest absolute Gasteiger partial charge is 0.251 e. The maximum absolute atomic E-state index is 12.3. The Hall–Kier alpha value is -1.31. The van der Waals surface area contributed by atoms with Crippen molar-refractivity contribution in [2.75, 3.05) is 0 Å². The first-order valence-corrected chi connectivity index (χ1v) is 7.01. The normalized spacial score (nSPS) is 29.6. The topological polar surface area (TPSA) is 29.1 Å². The van der Waals surface area contributed by atoms with Gasteiger partial charge < -0.3 is 5.32 Å². The van der Waals surface area contributed by atoms with E-state index in [1.807, 2.05) is 19.1 Å². The maximum Gasteiger partial charge on any atom is 0.251 e. The van der Waals surface area contributed by atoms with E-state index in [0.29, 0.717) is 6.04 Å². The Balaban J connectivity index is 1.71. The van der Waals surface area contributed by atoms with E-state index in [2.05, 4.69) is 18.3 Å². The molecule has 1 aromatic rings. The zero-order valence-corrected chi connectivity index (χ0v) is 11.2. The molecule has 0 aliphatic heterocycles. The fourth-order valence-electron chi connectivity index (χ4n) is 3.74. The summed E-state index contributed by atoms with van der Waals surface area (Å²) in [4.78, 5) is 12.3. The lowest BCUT2D eigenvalue weighted by atomic mass is 9.95. The van der Waals surface area contributed by atoms with Gasteiger partial charge in [-0.3, -0.25) is 4.79 Å². The Morgan fingerprint density at radius 1 is 1.22 bits per heavy atom. The number of carbonyl (C=O) groups is 1. The number of fused-ring (bicyclic) bond motifs is 2. The van der Waals surface area contributed by atoms with Gasteiger partial charge in [-0.25, -0.2) is 0 Å². The second-order valence-electron chi connectivity index (χ2n) is 6.07. The van der Waals surface area contributed by atoms with Crippen molar-refractivity contribution in [3.63, 3.8) is 0 Å². The van der Waals surface area contributed by atoms with Gasteiger partial charge in [0.15, 0.2) is 0 Å². The molecule has 2 nitrogen and oxygen atoms in total. The molecule has 3 rings (SSSR count). The molecule has 0 spiro atoms. The van der Waals surface area contributed by atoms with E-state index >= 15 is 0 Å². The van der Waals surface area contributed by atoms with Gasteiger partial charge in [0.2, 0.25) is 0 Å². The van der Waals surface area contributed by atoms with Gasteiger partial charge in [0.25, 0.3) is 5.91 Å². The zero-order chi connectivity index (χ0) is 12.7. The number of amides is 1. The molecule has 1 amide bonds. The lowest BCUT2D eigenvalue weighted by Crippen LogP contribution is -2.38. The van der Waals surface area contributed by atoms with Crippen LogP contribution in [0.4, 0.5) is 0 Å². The molecule has 18 heavy (non-hydrogen) atoms. The molecule has 2 heteroatoms. The molecule has 0 radical (unpaired) electrons. The largest absolute Gasteiger partial charge is 0.349 e. The van der Waals surface area contributed by atoms with Crippen molar-refractivity contribution < 1.29 is 4.79 Å². The van der Waals surface area contributed by atoms with Crippen LogP contribution in [0.2, 0.25) is 0 Å². The molecule has 0 heterocycles. The molecule has 2 aliphatic rings. The fraction of sp³-hybridized carbons (Fsp3) is 0.562. The van der Waals surface area contributed by atoms with Crippen LogP contribution >= 0.6 is 0 Å². The van der Waals surface area contributed by atoms with Crippen LogP contribution in [0.1, 0.15) is 47.2 Å². The van der Waals surface area contributed by atoms with Crippen LogP contribution in [-0.4, -0.2) is 11.9 Å². The summed E-state index contributed by atoms with van der Waals surface area (Å²) in [6.07, 6.45) is 5.21. The number of hydrogen-bond acceptors (Lipinski definition) is 1. The van der Waals surface area contributed by atoms with E-state index in [9.17, 15) is 4.79 Å². The Morgan fingerprint density at radius 3 is 2.67 bits per heavy atom. The maximum atomic E-state index is 12.3. The van der Waals surface area contributed by atoms with Crippen molar-refractivity contribution in [3.05, 3.63) is 34.9 Å². The first-order chi connectivity index (χ1) is 8.63. The summed E-state index contributed by atoms with van der Waals surface area (Å²) in [5.41, 5.74) is 3.13. The van der Waals surface area contributed by atoms with Crippen LogP contribution in [0.3, 0.4) is 0 Å². The minimum atomic E-state index is 0.116. The molecule has 96 valence electrons. The monoisotopic (exact) mass is 243 g/mol. The second-order valence-corrected chi connectivity index (χ2v) is 6.07. The van der Waals surface area contributed by atoms with Crippen molar-refractivity contribution >= 4 is 5.91 Å². The van der Waals surface area contributed by atoms with E-state index in [1.165, 1.54) is 31.2 Å². The third kappa shape index (κ3) is 2.05. The molecule has 2 fully saturated rings. The summed E-state index contributed by atoms with van der Waals surface area (Å²) in [6.45, 7) is 4.08. The standard InChI is InChI=1S/C16H21NO/c1-10-3-6-14(11(2)7-10)16(18)17-15-9-12-4-5-13(15)8-12/h3,6-7,12-13,15H,4-5,8-9H2,1-2H3,(H,17,18)/t12-,13+,15+/m0/s1. The Kier molecular flexibility index (Phi) is 2.89. The first-order valence-electron chi connectivity index (χ1n) is 7.01.